The van der Waals surface area contributed by atoms with Gasteiger partial charge in [0.25, 0.3) is 5.56 Å². The lowest BCUT2D eigenvalue weighted by atomic mass is 10.3. The Kier molecular flexibility index (Phi) is 2.01. The highest BCUT2D eigenvalue weighted by molar-refractivity contribution is 5.76. The predicted octanol–water partition coefficient (Wildman–Crippen LogP) is 1.44. The van der Waals surface area contributed by atoms with Crippen LogP contribution in [-0.4, -0.2) is 19.4 Å². The number of nitrogens with one attached hydrogen (secondary N) is 1. The van der Waals surface area contributed by atoms with Crippen molar-refractivity contribution < 1.29 is 0 Å². The zero-order valence-electron chi connectivity index (χ0n) is 9.69. The third-order valence-electron chi connectivity index (χ3n) is 2.86. The van der Waals surface area contributed by atoms with Crippen molar-refractivity contribution >= 4 is 16.8 Å². The molecule has 5 nitrogen and oxygen atoms in total. The first-order valence-electron chi connectivity index (χ1n) is 5.57. The molecule has 0 radical (unpaired) electrons. The molecule has 3 rings (SSSR count). The highest BCUT2D eigenvalue weighted by Crippen LogP contribution is 2.13. The monoisotopic (exact) mass is 228 g/mol. The van der Waals surface area contributed by atoms with E-state index in [4.69, 9.17) is 0 Å². The third-order valence-corrected chi connectivity index (χ3v) is 2.86. The topological polar surface area (TPSA) is 63.1 Å². The number of imidazole rings is 1. The van der Waals surface area contributed by atoms with Gasteiger partial charge >= 0.3 is 0 Å². The zero-order chi connectivity index (χ0) is 12.0. The molecule has 5 heteroatoms. The van der Waals surface area contributed by atoms with E-state index in [0.29, 0.717) is 23.4 Å². The maximum atomic E-state index is 11.9. The second-order valence-electron chi connectivity index (χ2n) is 4.01. The Labute approximate surface area is 97.1 Å². The van der Waals surface area contributed by atoms with Crippen LogP contribution in [0.15, 0.2) is 23.0 Å². The van der Waals surface area contributed by atoms with E-state index in [-0.39, 0.29) is 5.56 Å². The van der Waals surface area contributed by atoms with E-state index in [1.165, 1.54) is 0 Å². The molecule has 0 aliphatic heterocycles. The summed E-state index contributed by atoms with van der Waals surface area (Å²) in [6, 6.07) is 5.77. The van der Waals surface area contributed by atoms with Crippen molar-refractivity contribution in [1.29, 1.82) is 0 Å². The molecule has 0 amide bonds. The summed E-state index contributed by atoms with van der Waals surface area (Å²) in [4.78, 5) is 23.4. The highest BCUT2D eigenvalue weighted by Gasteiger charge is 2.11. The van der Waals surface area contributed by atoms with Gasteiger partial charge in [-0.05, 0) is 19.1 Å². The summed E-state index contributed by atoms with van der Waals surface area (Å²) >= 11 is 0. The van der Waals surface area contributed by atoms with E-state index in [1.54, 1.807) is 0 Å². The molecule has 0 aromatic carbocycles. The number of hydrogen-bond acceptors (Lipinski definition) is 3. The average molecular weight is 228 g/mol. The van der Waals surface area contributed by atoms with Crippen molar-refractivity contribution in [3.05, 3.63) is 40.1 Å². The fraction of sp³-hybridized carbons (Fsp3) is 0.250. The standard InChI is InChI=1S/C12H12N4O/c1-3-8-13-11-10(12(17)14-8)15-9-6-4-5-7(2)16(9)11/h4-6H,3H2,1-2H3,(H,13,14,17). The van der Waals surface area contributed by atoms with Gasteiger partial charge in [-0.25, -0.2) is 9.97 Å². The van der Waals surface area contributed by atoms with Crippen LogP contribution in [-0.2, 0) is 6.42 Å². The molecule has 0 bridgehead atoms. The molecule has 3 heterocycles. The van der Waals surface area contributed by atoms with Crippen LogP contribution >= 0.6 is 0 Å². The lowest BCUT2D eigenvalue weighted by Gasteiger charge is -2.00. The van der Waals surface area contributed by atoms with Crippen LogP contribution in [0.2, 0.25) is 0 Å². The van der Waals surface area contributed by atoms with Crippen LogP contribution in [0, 0.1) is 6.92 Å². The Hall–Kier alpha value is -2.17. The second kappa shape index (κ2) is 3.41. The minimum Gasteiger partial charge on any atom is -0.309 e. The molecule has 3 aromatic heterocycles. The molecule has 0 saturated heterocycles. The first kappa shape index (κ1) is 10.0. The number of hydrogen-bond donors (Lipinski definition) is 1. The van der Waals surface area contributed by atoms with Gasteiger partial charge in [-0.15, -0.1) is 0 Å². The molecule has 17 heavy (non-hydrogen) atoms. The van der Waals surface area contributed by atoms with Crippen LogP contribution in [0.3, 0.4) is 0 Å². The summed E-state index contributed by atoms with van der Waals surface area (Å²) in [7, 11) is 0. The van der Waals surface area contributed by atoms with Gasteiger partial charge in [0, 0.05) is 12.1 Å². The van der Waals surface area contributed by atoms with Crippen LogP contribution in [0.25, 0.3) is 16.8 Å². The second-order valence-corrected chi connectivity index (χ2v) is 4.01. The minimum atomic E-state index is -0.171. The number of aromatic nitrogens is 4. The molecule has 0 aliphatic rings. The molecule has 0 unspecified atom stereocenters. The smallest absolute Gasteiger partial charge is 0.279 e. The minimum absolute atomic E-state index is 0.171. The number of H-pyrrole nitrogens is 1. The quantitative estimate of drug-likeness (QED) is 0.685. The van der Waals surface area contributed by atoms with Gasteiger partial charge in [-0.1, -0.05) is 13.0 Å². The van der Waals surface area contributed by atoms with Crippen molar-refractivity contribution in [2.24, 2.45) is 0 Å². The first-order chi connectivity index (χ1) is 8.20. The third kappa shape index (κ3) is 1.35. The molecule has 0 atom stereocenters. The molecule has 0 aliphatic carbocycles. The number of aromatic amines is 1. The van der Waals surface area contributed by atoms with Gasteiger partial charge in [0.15, 0.2) is 11.2 Å². The lowest BCUT2D eigenvalue weighted by Crippen LogP contribution is -2.11. The summed E-state index contributed by atoms with van der Waals surface area (Å²) < 4.78 is 1.91. The molecule has 0 spiro atoms. The Morgan fingerprint density at radius 1 is 1.35 bits per heavy atom. The van der Waals surface area contributed by atoms with E-state index in [1.807, 2.05) is 36.4 Å². The van der Waals surface area contributed by atoms with Gasteiger partial charge in [0.1, 0.15) is 11.5 Å². The maximum absolute atomic E-state index is 11.9. The summed E-state index contributed by atoms with van der Waals surface area (Å²) in [6.45, 7) is 3.93. The van der Waals surface area contributed by atoms with Crippen molar-refractivity contribution in [3.63, 3.8) is 0 Å². The summed E-state index contributed by atoms with van der Waals surface area (Å²) in [5, 5.41) is 0. The normalized spacial score (nSPS) is 11.4. The van der Waals surface area contributed by atoms with E-state index >= 15 is 0 Å². The molecule has 86 valence electrons. The number of fused-ring (bicyclic) bond motifs is 3. The van der Waals surface area contributed by atoms with Crippen LogP contribution in [0.5, 0.6) is 0 Å². The first-order valence-corrected chi connectivity index (χ1v) is 5.57. The fourth-order valence-corrected chi connectivity index (χ4v) is 2.01. The van der Waals surface area contributed by atoms with Crippen LogP contribution in [0.4, 0.5) is 0 Å². The summed E-state index contributed by atoms with van der Waals surface area (Å²) in [5.41, 5.74) is 2.64. The Bertz CT molecular complexity index is 769. The van der Waals surface area contributed by atoms with E-state index in [9.17, 15) is 4.79 Å². The Morgan fingerprint density at radius 3 is 2.94 bits per heavy atom. The highest BCUT2D eigenvalue weighted by atomic mass is 16.1. The van der Waals surface area contributed by atoms with Gasteiger partial charge in [-0.2, -0.15) is 0 Å². The van der Waals surface area contributed by atoms with Gasteiger partial charge in [-0.3, -0.25) is 9.20 Å². The SMILES string of the molecule is CCc1nc2c(nc3cccc(C)n32)c(=O)[nH]1. The summed E-state index contributed by atoms with van der Waals surface area (Å²) in [5.74, 6) is 0.688. The van der Waals surface area contributed by atoms with Crippen molar-refractivity contribution in [2.45, 2.75) is 20.3 Å². The lowest BCUT2D eigenvalue weighted by molar-refractivity contribution is 0.931. The number of aryl methyl sites for hydroxylation is 2. The van der Waals surface area contributed by atoms with E-state index in [2.05, 4.69) is 15.0 Å². The number of pyridine rings is 1. The summed E-state index contributed by atoms with van der Waals surface area (Å²) in [6.07, 6.45) is 0.699. The van der Waals surface area contributed by atoms with Gasteiger partial charge in [0.05, 0.1) is 0 Å². The van der Waals surface area contributed by atoms with Crippen molar-refractivity contribution in [2.75, 3.05) is 0 Å². The molecular weight excluding hydrogens is 216 g/mol. The zero-order valence-corrected chi connectivity index (χ0v) is 9.69. The Balaban J connectivity index is 2.59. The molecule has 3 aromatic rings. The maximum Gasteiger partial charge on any atom is 0.279 e. The molecule has 0 saturated carbocycles. The average Bonchev–Trinajstić information content (AvgIpc) is 2.69. The predicted molar refractivity (Wildman–Crippen MR) is 65.2 cm³/mol. The molecule has 1 N–H and O–H groups in total. The largest absolute Gasteiger partial charge is 0.309 e. The fourth-order valence-electron chi connectivity index (χ4n) is 2.01. The molecular formula is C12H12N4O. The molecule has 0 fully saturated rings. The van der Waals surface area contributed by atoms with Crippen molar-refractivity contribution in [1.82, 2.24) is 19.4 Å². The van der Waals surface area contributed by atoms with E-state index < -0.39 is 0 Å². The van der Waals surface area contributed by atoms with E-state index in [0.717, 1.165) is 11.3 Å². The number of nitrogens with zero attached hydrogens (tertiary/aromatic N) is 3. The van der Waals surface area contributed by atoms with Gasteiger partial charge < -0.3 is 4.98 Å². The van der Waals surface area contributed by atoms with Gasteiger partial charge in [0.2, 0.25) is 0 Å². The number of rotatable bonds is 1. The van der Waals surface area contributed by atoms with Crippen LogP contribution in [0.1, 0.15) is 18.4 Å². The van der Waals surface area contributed by atoms with Crippen molar-refractivity contribution in [3.8, 4) is 0 Å². The Morgan fingerprint density at radius 2 is 2.18 bits per heavy atom. The van der Waals surface area contributed by atoms with Crippen LogP contribution < -0.4 is 5.56 Å².